The van der Waals surface area contributed by atoms with Crippen LogP contribution >= 0.6 is 0 Å². The number of benzene rings is 2. The van der Waals surface area contributed by atoms with Crippen LogP contribution in [0.25, 0.3) is 22.2 Å². The molecule has 4 rings (SSSR count). The van der Waals surface area contributed by atoms with Crippen LogP contribution in [0.3, 0.4) is 0 Å². The number of fused-ring (bicyclic) bond motifs is 1. The summed E-state index contributed by atoms with van der Waals surface area (Å²) in [6.45, 7) is 12.0. The van der Waals surface area contributed by atoms with Gasteiger partial charge in [0.15, 0.2) is 0 Å². The molecule has 0 saturated heterocycles. The third kappa shape index (κ3) is 5.95. The number of hydrogen-bond donors (Lipinski definition) is 2. The van der Waals surface area contributed by atoms with Gasteiger partial charge in [-0.25, -0.2) is 9.97 Å². The second kappa shape index (κ2) is 13.1. The normalized spacial score (nSPS) is 9.07. The van der Waals surface area contributed by atoms with Crippen LogP contribution in [0.1, 0.15) is 41.5 Å². The average Bonchev–Trinajstić information content (AvgIpc) is 3.28. The highest BCUT2D eigenvalue weighted by molar-refractivity contribution is 5.93. The Kier molecular flexibility index (Phi) is 10.7. The number of para-hydroxylation sites is 2. The predicted octanol–water partition coefficient (Wildman–Crippen LogP) is 7.45. The maximum absolute atomic E-state index is 4.63. The third-order valence-electron chi connectivity index (χ3n) is 3.55. The monoisotopic (exact) mass is 376 g/mol. The first-order valence-electron chi connectivity index (χ1n) is 10.1. The SMILES string of the molecule is CC.CC.CC.c1ccc(Nc2nccc(-c3cccc4cc[nH]c34)n2)cc1. The first-order chi connectivity index (χ1) is 13.9. The van der Waals surface area contributed by atoms with Crippen molar-refractivity contribution in [3.05, 3.63) is 73.1 Å². The van der Waals surface area contributed by atoms with Gasteiger partial charge in [0.1, 0.15) is 0 Å². The number of nitrogens with one attached hydrogen (secondary N) is 2. The number of aromatic amines is 1. The van der Waals surface area contributed by atoms with Crippen molar-refractivity contribution in [2.75, 3.05) is 5.32 Å². The lowest BCUT2D eigenvalue weighted by molar-refractivity contribution is 1.17. The molecule has 4 heteroatoms. The first kappa shape index (κ1) is 22.9. The van der Waals surface area contributed by atoms with Crippen molar-refractivity contribution >= 4 is 22.5 Å². The molecule has 0 aliphatic carbocycles. The molecule has 28 heavy (non-hydrogen) atoms. The molecular formula is C24H32N4. The fourth-order valence-electron chi connectivity index (χ4n) is 2.52. The molecule has 0 radical (unpaired) electrons. The predicted molar refractivity (Wildman–Crippen MR) is 123 cm³/mol. The lowest BCUT2D eigenvalue weighted by Crippen LogP contribution is -1.97. The molecule has 0 aliphatic heterocycles. The Balaban J connectivity index is 0.000000599. The van der Waals surface area contributed by atoms with E-state index in [9.17, 15) is 0 Å². The molecule has 0 bridgehead atoms. The Morgan fingerprint density at radius 3 is 2.18 bits per heavy atom. The molecule has 0 saturated carbocycles. The molecule has 0 unspecified atom stereocenters. The van der Waals surface area contributed by atoms with Gasteiger partial charge in [0.2, 0.25) is 5.95 Å². The number of H-pyrrole nitrogens is 1. The van der Waals surface area contributed by atoms with E-state index in [1.165, 1.54) is 5.39 Å². The fourth-order valence-corrected chi connectivity index (χ4v) is 2.52. The molecule has 2 N–H and O–H groups in total. The van der Waals surface area contributed by atoms with Gasteiger partial charge in [-0.15, -0.1) is 0 Å². The molecule has 0 aliphatic rings. The van der Waals surface area contributed by atoms with E-state index in [0.29, 0.717) is 5.95 Å². The molecule has 0 atom stereocenters. The zero-order valence-electron chi connectivity index (χ0n) is 17.8. The lowest BCUT2D eigenvalue weighted by Gasteiger charge is -2.07. The van der Waals surface area contributed by atoms with Gasteiger partial charge in [-0.1, -0.05) is 77.9 Å². The van der Waals surface area contributed by atoms with E-state index in [4.69, 9.17) is 0 Å². The zero-order chi connectivity index (χ0) is 20.8. The second-order valence-electron chi connectivity index (χ2n) is 5.00. The van der Waals surface area contributed by atoms with Crippen molar-refractivity contribution in [2.24, 2.45) is 0 Å². The summed E-state index contributed by atoms with van der Waals surface area (Å²) in [7, 11) is 0. The van der Waals surface area contributed by atoms with Crippen molar-refractivity contribution < 1.29 is 0 Å². The van der Waals surface area contributed by atoms with Crippen molar-refractivity contribution in [3.8, 4) is 11.3 Å². The molecule has 0 amide bonds. The van der Waals surface area contributed by atoms with Gasteiger partial charge in [0.05, 0.1) is 11.2 Å². The van der Waals surface area contributed by atoms with Crippen molar-refractivity contribution in [2.45, 2.75) is 41.5 Å². The number of nitrogens with zero attached hydrogens (tertiary/aromatic N) is 2. The molecular weight excluding hydrogens is 344 g/mol. The summed E-state index contributed by atoms with van der Waals surface area (Å²) in [5.41, 5.74) is 4.02. The lowest BCUT2D eigenvalue weighted by atomic mass is 10.1. The van der Waals surface area contributed by atoms with E-state index in [0.717, 1.165) is 22.5 Å². The smallest absolute Gasteiger partial charge is 0.227 e. The number of anilines is 2. The molecule has 4 nitrogen and oxygen atoms in total. The Bertz CT molecular complexity index is 914. The molecule has 148 valence electrons. The summed E-state index contributed by atoms with van der Waals surface area (Å²) in [5, 5.41) is 4.40. The van der Waals surface area contributed by atoms with Gasteiger partial charge in [-0.05, 0) is 24.3 Å². The molecule has 0 spiro atoms. The van der Waals surface area contributed by atoms with Crippen LogP contribution in [0.4, 0.5) is 11.6 Å². The van der Waals surface area contributed by atoms with Crippen LogP contribution in [0.15, 0.2) is 73.1 Å². The largest absolute Gasteiger partial charge is 0.361 e. The van der Waals surface area contributed by atoms with Crippen LogP contribution < -0.4 is 5.32 Å². The molecule has 0 fully saturated rings. The highest BCUT2D eigenvalue weighted by Gasteiger charge is 2.07. The highest BCUT2D eigenvalue weighted by Crippen LogP contribution is 2.26. The zero-order valence-corrected chi connectivity index (χ0v) is 17.8. The standard InChI is InChI=1S/C18H14N4.3C2H6/c1-2-6-14(7-3-1)21-18-20-12-10-16(22-18)15-8-4-5-13-9-11-19-17(13)15;3*1-2/h1-12,19H,(H,20,21,22);3*1-2H3. The Hall–Kier alpha value is -3.14. The summed E-state index contributed by atoms with van der Waals surface area (Å²) in [4.78, 5) is 12.2. The first-order valence-corrected chi connectivity index (χ1v) is 10.1. The van der Waals surface area contributed by atoms with E-state index in [1.54, 1.807) is 6.20 Å². The topological polar surface area (TPSA) is 53.6 Å². The summed E-state index contributed by atoms with van der Waals surface area (Å²) in [6, 6.07) is 20.1. The van der Waals surface area contributed by atoms with Gasteiger partial charge in [-0.2, -0.15) is 0 Å². The number of rotatable bonds is 3. The van der Waals surface area contributed by atoms with Crippen molar-refractivity contribution in [1.29, 1.82) is 0 Å². The van der Waals surface area contributed by atoms with E-state index < -0.39 is 0 Å². The molecule has 2 heterocycles. The van der Waals surface area contributed by atoms with Crippen molar-refractivity contribution in [3.63, 3.8) is 0 Å². The van der Waals surface area contributed by atoms with Crippen LogP contribution in [0.2, 0.25) is 0 Å². The van der Waals surface area contributed by atoms with E-state index in [-0.39, 0.29) is 0 Å². The van der Waals surface area contributed by atoms with E-state index in [1.807, 2.05) is 90.2 Å². The highest BCUT2D eigenvalue weighted by atomic mass is 15.1. The quantitative estimate of drug-likeness (QED) is 0.390. The Labute approximate surface area is 169 Å². The van der Waals surface area contributed by atoms with Crippen molar-refractivity contribution in [1.82, 2.24) is 15.0 Å². The average molecular weight is 377 g/mol. The van der Waals surface area contributed by atoms with Crippen LogP contribution in [-0.4, -0.2) is 15.0 Å². The second-order valence-corrected chi connectivity index (χ2v) is 5.00. The third-order valence-corrected chi connectivity index (χ3v) is 3.55. The Morgan fingerprint density at radius 1 is 0.750 bits per heavy atom. The minimum Gasteiger partial charge on any atom is -0.361 e. The summed E-state index contributed by atoms with van der Waals surface area (Å²) in [6.07, 6.45) is 3.72. The fraction of sp³-hybridized carbons (Fsp3) is 0.250. The van der Waals surface area contributed by atoms with Gasteiger partial charge in [0, 0.05) is 29.0 Å². The van der Waals surface area contributed by atoms with Crippen LogP contribution in [0, 0.1) is 0 Å². The molecule has 2 aromatic heterocycles. The van der Waals surface area contributed by atoms with Gasteiger partial charge in [-0.3, -0.25) is 0 Å². The number of hydrogen-bond acceptors (Lipinski definition) is 3. The van der Waals surface area contributed by atoms with E-state index in [2.05, 4.69) is 38.5 Å². The van der Waals surface area contributed by atoms with Gasteiger partial charge < -0.3 is 10.3 Å². The maximum Gasteiger partial charge on any atom is 0.227 e. The Morgan fingerprint density at radius 2 is 1.46 bits per heavy atom. The summed E-state index contributed by atoms with van der Waals surface area (Å²) >= 11 is 0. The van der Waals surface area contributed by atoms with Crippen LogP contribution in [0.5, 0.6) is 0 Å². The minimum absolute atomic E-state index is 0.590. The maximum atomic E-state index is 4.63. The van der Waals surface area contributed by atoms with E-state index >= 15 is 0 Å². The molecule has 2 aromatic carbocycles. The summed E-state index contributed by atoms with van der Waals surface area (Å²) < 4.78 is 0. The van der Waals surface area contributed by atoms with Crippen LogP contribution in [-0.2, 0) is 0 Å². The van der Waals surface area contributed by atoms with Gasteiger partial charge >= 0.3 is 0 Å². The minimum atomic E-state index is 0.590. The molecule has 4 aromatic rings. The summed E-state index contributed by atoms with van der Waals surface area (Å²) in [5.74, 6) is 0.590. The number of aromatic nitrogens is 3. The van der Waals surface area contributed by atoms with Gasteiger partial charge in [0.25, 0.3) is 0 Å².